The summed E-state index contributed by atoms with van der Waals surface area (Å²) in [4.78, 5) is 15.0. The SMILES string of the molecule is NC(=O)NN=Cc1ccc(OCCc2coc(-c3ccccc3)n2)cc1. The summed E-state index contributed by atoms with van der Waals surface area (Å²) in [5.74, 6) is 1.34. The maximum absolute atomic E-state index is 10.5. The molecular weight excluding hydrogens is 332 g/mol. The maximum atomic E-state index is 10.5. The Morgan fingerprint density at radius 1 is 1.19 bits per heavy atom. The molecule has 0 bridgehead atoms. The number of hydrogen-bond donors (Lipinski definition) is 2. The van der Waals surface area contributed by atoms with Crippen molar-refractivity contribution in [2.45, 2.75) is 6.42 Å². The molecule has 7 heteroatoms. The van der Waals surface area contributed by atoms with E-state index >= 15 is 0 Å². The second-order valence-electron chi connectivity index (χ2n) is 5.41. The molecule has 0 spiro atoms. The second-order valence-corrected chi connectivity index (χ2v) is 5.41. The Bertz CT molecular complexity index is 873. The summed E-state index contributed by atoms with van der Waals surface area (Å²) < 4.78 is 11.2. The van der Waals surface area contributed by atoms with Gasteiger partial charge in [0.15, 0.2) is 0 Å². The fraction of sp³-hybridized carbons (Fsp3) is 0.105. The topological polar surface area (TPSA) is 103 Å². The molecule has 0 saturated carbocycles. The number of urea groups is 1. The molecule has 26 heavy (non-hydrogen) atoms. The largest absolute Gasteiger partial charge is 0.493 e. The van der Waals surface area contributed by atoms with Gasteiger partial charge in [-0.2, -0.15) is 5.10 Å². The minimum Gasteiger partial charge on any atom is -0.493 e. The molecule has 0 aliphatic carbocycles. The average molecular weight is 350 g/mol. The molecule has 0 saturated heterocycles. The van der Waals surface area contributed by atoms with E-state index in [1.54, 1.807) is 6.26 Å². The first-order chi connectivity index (χ1) is 12.7. The van der Waals surface area contributed by atoms with Gasteiger partial charge >= 0.3 is 6.03 Å². The number of hydrazone groups is 1. The van der Waals surface area contributed by atoms with Crippen molar-refractivity contribution in [1.29, 1.82) is 0 Å². The molecule has 0 aliphatic rings. The quantitative estimate of drug-likeness (QED) is 0.505. The van der Waals surface area contributed by atoms with E-state index in [1.807, 2.05) is 54.6 Å². The van der Waals surface area contributed by atoms with E-state index in [2.05, 4.69) is 15.5 Å². The Morgan fingerprint density at radius 3 is 2.69 bits per heavy atom. The van der Waals surface area contributed by atoms with Gasteiger partial charge in [0.1, 0.15) is 12.0 Å². The third-order valence-electron chi connectivity index (χ3n) is 3.47. The van der Waals surface area contributed by atoms with Crippen LogP contribution in [0, 0.1) is 0 Å². The molecule has 0 radical (unpaired) electrons. The highest BCUT2D eigenvalue weighted by atomic mass is 16.5. The van der Waals surface area contributed by atoms with Crippen LogP contribution in [0.25, 0.3) is 11.5 Å². The molecule has 0 aliphatic heterocycles. The van der Waals surface area contributed by atoms with Crippen LogP contribution in [0.2, 0.25) is 0 Å². The van der Waals surface area contributed by atoms with Gasteiger partial charge in [-0.1, -0.05) is 18.2 Å². The fourth-order valence-corrected chi connectivity index (χ4v) is 2.23. The van der Waals surface area contributed by atoms with Gasteiger partial charge in [-0.05, 0) is 42.0 Å². The monoisotopic (exact) mass is 350 g/mol. The molecule has 3 N–H and O–H groups in total. The number of carbonyl (C=O) groups is 1. The number of oxazole rings is 1. The van der Waals surface area contributed by atoms with Gasteiger partial charge in [-0.15, -0.1) is 0 Å². The number of hydrogen-bond acceptors (Lipinski definition) is 5. The third kappa shape index (κ3) is 4.94. The van der Waals surface area contributed by atoms with Crippen LogP contribution in [-0.4, -0.2) is 23.8 Å². The zero-order valence-corrected chi connectivity index (χ0v) is 14.0. The van der Waals surface area contributed by atoms with E-state index in [-0.39, 0.29) is 0 Å². The van der Waals surface area contributed by atoms with Crippen molar-refractivity contribution in [2.24, 2.45) is 10.8 Å². The van der Waals surface area contributed by atoms with E-state index in [0.717, 1.165) is 22.6 Å². The lowest BCUT2D eigenvalue weighted by Crippen LogP contribution is -2.24. The molecule has 2 amide bonds. The Hall–Kier alpha value is -3.61. The number of nitrogens with zero attached hydrogens (tertiary/aromatic N) is 2. The van der Waals surface area contributed by atoms with E-state index in [0.29, 0.717) is 18.9 Å². The normalized spacial score (nSPS) is 10.8. The Labute approximate surface area is 150 Å². The van der Waals surface area contributed by atoms with Crippen LogP contribution in [0.15, 0.2) is 70.4 Å². The summed E-state index contributed by atoms with van der Waals surface area (Å²) in [5, 5.41) is 3.69. The summed E-state index contributed by atoms with van der Waals surface area (Å²) in [6, 6.07) is 16.3. The summed E-state index contributed by atoms with van der Waals surface area (Å²) in [6.45, 7) is 0.484. The molecule has 3 rings (SSSR count). The maximum Gasteiger partial charge on any atom is 0.332 e. The third-order valence-corrected chi connectivity index (χ3v) is 3.47. The van der Waals surface area contributed by atoms with E-state index in [1.165, 1.54) is 6.21 Å². The van der Waals surface area contributed by atoms with Crippen LogP contribution in [0.4, 0.5) is 4.79 Å². The molecule has 0 atom stereocenters. The van der Waals surface area contributed by atoms with Crippen molar-refractivity contribution in [3.8, 4) is 17.2 Å². The van der Waals surface area contributed by atoms with Gasteiger partial charge in [0, 0.05) is 12.0 Å². The lowest BCUT2D eigenvalue weighted by molar-refractivity contribution is 0.249. The lowest BCUT2D eigenvalue weighted by Gasteiger charge is -2.04. The number of amides is 2. The number of ether oxygens (including phenoxy) is 1. The number of carbonyl (C=O) groups excluding carboxylic acids is 1. The number of benzene rings is 2. The van der Waals surface area contributed by atoms with E-state index in [9.17, 15) is 4.79 Å². The van der Waals surface area contributed by atoms with Gasteiger partial charge in [-0.3, -0.25) is 0 Å². The zero-order chi connectivity index (χ0) is 18.2. The lowest BCUT2D eigenvalue weighted by atomic mass is 10.2. The predicted molar refractivity (Wildman–Crippen MR) is 97.9 cm³/mol. The first kappa shape index (κ1) is 17.2. The minimum absolute atomic E-state index is 0.484. The summed E-state index contributed by atoms with van der Waals surface area (Å²) in [7, 11) is 0. The van der Waals surface area contributed by atoms with Crippen LogP contribution in [0.3, 0.4) is 0 Å². The molecule has 2 aromatic carbocycles. The summed E-state index contributed by atoms with van der Waals surface area (Å²) in [6.07, 6.45) is 3.79. The fourth-order valence-electron chi connectivity index (χ4n) is 2.23. The van der Waals surface area contributed by atoms with Gasteiger partial charge in [0.25, 0.3) is 0 Å². The van der Waals surface area contributed by atoms with Crippen LogP contribution < -0.4 is 15.9 Å². The highest BCUT2D eigenvalue weighted by Crippen LogP contribution is 2.18. The number of aromatic nitrogens is 1. The summed E-state index contributed by atoms with van der Waals surface area (Å²) in [5.41, 5.74) is 9.66. The first-order valence-corrected chi connectivity index (χ1v) is 8.02. The van der Waals surface area contributed by atoms with E-state index in [4.69, 9.17) is 14.9 Å². The predicted octanol–water partition coefficient (Wildman–Crippen LogP) is 2.97. The Kier molecular flexibility index (Phi) is 5.61. The first-order valence-electron chi connectivity index (χ1n) is 8.02. The highest BCUT2D eigenvalue weighted by molar-refractivity contribution is 5.81. The van der Waals surface area contributed by atoms with Crippen LogP contribution in [0.5, 0.6) is 5.75 Å². The zero-order valence-electron chi connectivity index (χ0n) is 14.0. The van der Waals surface area contributed by atoms with Gasteiger partial charge < -0.3 is 14.9 Å². The molecule has 3 aromatic rings. The number of nitrogens with two attached hydrogens (primary N) is 1. The highest BCUT2D eigenvalue weighted by Gasteiger charge is 2.06. The molecule has 1 heterocycles. The van der Waals surface area contributed by atoms with Gasteiger partial charge in [0.2, 0.25) is 5.89 Å². The number of nitrogens with one attached hydrogen (secondary N) is 1. The molecule has 1 aromatic heterocycles. The smallest absolute Gasteiger partial charge is 0.332 e. The van der Waals surface area contributed by atoms with Gasteiger partial charge in [0.05, 0.1) is 18.5 Å². The van der Waals surface area contributed by atoms with Crippen molar-refractivity contribution in [3.05, 3.63) is 72.1 Å². The number of primary amides is 1. The molecule has 0 unspecified atom stereocenters. The van der Waals surface area contributed by atoms with Crippen molar-refractivity contribution >= 4 is 12.2 Å². The van der Waals surface area contributed by atoms with Crippen molar-refractivity contribution in [1.82, 2.24) is 10.4 Å². The molecule has 7 nitrogen and oxygen atoms in total. The summed E-state index contributed by atoms with van der Waals surface area (Å²) >= 11 is 0. The molecule has 132 valence electrons. The minimum atomic E-state index is -0.704. The Morgan fingerprint density at radius 2 is 1.96 bits per heavy atom. The van der Waals surface area contributed by atoms with E-state index < -0.39 is 6.03 Å². The van der Waals surface area contributed by atoms with Gasteiger partial charge in [-0.25, -0.2) is 15.2 Å². The van der Waals surface area contributed by atoms with Crippen molar-refractivity contribution < 1.29 is 13.9 Å². The molecule has 0 fully saturated rings. The Balaban J connectivity index is 1.48. The number of rotatable bonds is 7. The van der Waals surface area contributed by atoms with Crippen LogP contribution in [-0.2, 0) is 6.42 Å². The van der Waals surface area contributed by atoms with Crippen molar-refractivity contribution in [3.63, 3.8) is 0 Å². The standard InChI is InChI=1S/C19H18N4O3/c20-19(24)23-21-12-14-6-8-17(9-7-14)25-11-10-16-13-26-18(22-16)15-4-2-1-3-5-15/h1-9,12-13H,10-11H2,(H3,20,23,24). The van der Waals surface area contributed by atoms with Crippen LogP contribution in [0.1, 0.15) is 11.3 Å². The second kappa shape index (κ2) is 8.48. The van der Waals surface area contributed by atoms with Crippen molar-refractivity contribution in [2.75, 3.05) is 6.61 Å². The van der Waals surface area contributed by atoms with Crippen LogP contribution >= 0.6 is 0 Å². The molecular formula is C19H18N4O3. The average Bonchev–Trinajstić information content (AvgIpc) is 3.12.